The Morgan fingerprint density at radius 2 is 0.600 bits per heavy atom. The molecule has 0 amide bonds. The van der Waals surface area contributed by atoms with E-state index in [0.29, 0.717) is 17.4 Å². The van der Waals surface area contributed by atoms with E-state index in [0.717, 1.165) is 154 Å². The second-order valence-corrected chi connectivity index (χ2v) is 25.6. The number of phosphoric acid groups is 1. The van der Waals surface area contributed by atoms with Gasteiger partial charge in [-0.3, -0.25) is 18.6 Å². The molecule has 0 aliphatic heterocycles. The van der Waals surface area contributed by atoms with Crippen LogP contribution >= 0.6 is 7.82 Å². The highest BCUT2D eigenvalue weighted by Gasteiger charge is 2.27. The van der Waals surface area contributed by atoms with Crippen LogP contribution in [-0.4, -0.2) is 74.9 Å². The fourth-order valence-corrected chi connectivity index (χ4v) is 9.81. The molecule has 0 saturated heterocycles. The summed E-state index contributed by atoms with van der Waals surface area (Å²) in [5.74, 6) is -0.825. The third-order valence-electron chi connectivity index (χ3n) is 14.4. The Kier molecular flexibility index (Phi) is 64.8. The summed E-state index contributed by atoms with van der Waals surface area (Å²) in [4.78, 5) is 35.9. The molecule has 0 bridgehead atoms. The van der Waals surface area contributed by atoms with Crippen LogP contribution in [0.1, 0.15) is 258 Å². The van der Waals surface area contributed by atoms with E-state index in [1.807, 2.05) is 21.1 Å². The molecule has 1 N–H and O–H groups in total. The maximum atomic E-state index is 12.9. The Balaban J connectivity index is 4.16. The quantitative estimate of drug-likeness (QED) is 0.0211. The first-order chi connectivity index (χ1) is 44.0. The monoisotopic (exact) mass is 1260 g/mol. The Morgan fingerprint density at radius 1 is 0.344 bits per heavy atom. The van der Waals surface area contributed by atoms with E-state index in [-0.39, 0.29) is 32.0 Å². The molecule has 2 atom stereocenters. The SMILES string of the molecule is CC/C=C\C/C=C\C/C=C\C/C=C\C/C=C\C/C=C\C/C=C\C/C=C\C/C=C\C/C=C\CCCCCCCCC(=O)OC(COC(=O)CCCCCCCCCCCCCCC/C=C\C/C=C\C/C=C\C/C=C\C/C=C\CC)COP(=O)(O)OCC[N+](C)(C)C. The molecule has 2 unspecified atom stereocenters. The number of hydrogen-bond acceptors (Lipinski definition) is 7. The Hall–Kier alpha value is -4.89. The number of carbonyl (C=O) groups excluding carboxylic acids is 2. The largest absolute Gasteiger partial charge is 0.472 e. The van der Waals surface area contributed by atoms with Gasteiger partial charge >= 0.3 is 19.8 Å². The van der Waals surface area contributed by atoms with Gasteiger partial charge in [-0.15, -0.1) is 0 Å². The number of esters is 2. The highest BCUT2D eigenvalue weighted by Crippen LogP contribution is 2.43. The topological polar surface area (TPSA) is 108 Å². The van der Waals surface area contributed by atoms with E-state index in [1.54, 1.807) is 0 Å². The number of likely N-dealkylation sites (N-methyl/N-ethyl adjacent to an activating group) is 1. The smallest absolute Gasteiger partial charge is 0.462 e. The van der Waals surface area contributed by atoms with Crippen LogP contribution < -0.4 is 0 Å². The second kappa shape index (κ2) is 68.5. The van der Waals surface area contributed by atoms with Gasteiger partial charge in [-0.2, -0.15) is 0 Å². The molecule has 0 aromatic heterocycles. The van der Waals surface area contributed by atoms with Crippen molar-refractivity contribution in [2.45, 2.75) is 264 Å². The summed E-state index contributed by atoms with van der Waals surface area (Å²) in [6.45, 7) is 4.18. The minimum Gasteiger partial charge on any atom is -0.462 e. The van der Waals surface area contributed by atoms with E-state index in [2.05, 4.69) is 196 Å². The van der Waals surface area contributed by atoms with Gasteiger partial charge in [0.2, 0.25) is 0 Å². The lowest BCUT2D eigenvalue weighted by Crippen LogP contribution is -2.37. The molecular weight excluding hydrogens is 1130 g/mol. The predicted octanol–water partition coefficient (Wildman–Crippen LogP) is 23.5. The molecule has 0 aromatic carbocycles. The third kappa shape index (κ3) is 72.2. The summed E-state index contributed by atoms with van der Waals surface area (Å²) in [5, 5.41) is 0. The van der Waals surface area contributed by atoms with Crippen LogP contribution in [0.3, 0.4) is 0 Å². The average Bonchev–Trinajstić information content (AvgIpc) is 3.58. The molecule has 0 rings (SSSR count). The number of nitrogens with zero attached hydrogens (tertiary/aromatic N) is 1. The second-order valence-electron chi connectivity index (χ2n) is 24.2. The molecule has 9 nitrogen and oxygen atoms in total. The van der Waals surface area contributed by atoms with Crippen molar-refractivity contribution in [3.63, 3.8) is 0 Å². The van der Waals surface area contributed by atoms with Crippen molar-refractivity contribution in [1.82, 2.24) is 0 Å². The zero-order valence-electron chi connectivity index (χ0n) is 57.8. The lowest BCUT2D eigenvalue weighted by atomic mass is 10.0. The van der Waals surface area contributed by atoms with Gasteiger partial charge < -0.3 is 18.9 Å². The van der Waals surface area contributed by atoms with Gasteiger partial charge in [0.05, 0.1) is 27.7 Å². The van der Waals surface area contributed by atoms with Gasteiger partial charge in [-0.25, -0.2) is 4.57 Å². The van der Waals surface area contributed by atoms with Crippen molar-refractivity contribution in [1.29, 1.82) is 0 Å². The molecule has 0 aromatic rings. The van der Waals surface area contributed by atoms with Crippen molar-refractivity contribution < 1.29 is 42.1 Å². The number of phosphoric ester groups is 1. The molecule has 10 heteroatoms. The van der Waals surface area contributed by atoms with Crippen molar-refractivity contribution in [2.75, 3.05) is 47.5 Å². The maximum absolute atomic E-state index is 12.9. The summed E-state index contributed by atoms with van der Waals surface area (Å²) in [7, 11) is 1.44. The van der Waals surface area contributed by atoms with E-state index in [1.165, 1.54) is 70.6 Å². The minimum atomic E-state index is -4.41. The normalized spacial score (nSPS) is 14.2. The Morgan fingerprint density at radius 3 is 0.889 bits per heavy atom. The van der Waals surface area contributed by atoms with Crippen molar-refractivity contribution in [3.8, 4) is 0 Å². The number of allylic oxidation sites excluding steroid dienone is 30. The number of hydrogen-bond donors (Lipinski definition) is 1. The average molecular weight is 1270 g/mol. The molecule has 0 heterocycles. The van der Waals surface area contributed by atoms with E-state index < -0.39 is 26.5 Å². The summed E-state index contributed by atoms with van der Waals surface area (Å²) < 4.78 is 34.7. The standard InChI is InChI=1S/C80H130NO8P/c1-6-8-10-12-14-16-18-20-22-24-26-28-30-32-34-36-37-38-39-40-41-42-43-45-47-49-51-53-55-57-59-61-63-65-67-69-71-73-80(83)89-78(77-88-90(84,85)87-75-74-81(3,4)5)76-86-79(82)72-70-68-66-64-62-60-58-56-54-52-50-48-46-44-35-33-31-29-27-25-23-21-19-17-15-13-11-9-7-2/h8-11,14-17,20-23,26-29,32-35,37-38,40-41,43,45,49,51,55,57,78H,6-7,12-13,18-19,24-25,30-31,36,39,42,44,46-48,50,52-54,56,58-77H2,1-5H3/p+1/b10-8-,11-9-,16-14-,17-15-,22-20-,23-21-,28-26-,29-27-,34-32-,35-33-,38-37-,41-40-,45-43-,51-49-,57-55-. The molecule has 0 saturated carbocycles. The van der Waals surface area contributed by atoms with Crippen LogP contribution in [0, 0.1) is 0 Å². The molecule has 0 aliphatic carbocycles. The Bertz CT molecular complexity index is 2170. The highest BCUT2D eigenvalue weighted by molar-refractivity contribution is 7.47. The first-order valence-corrected chi connectivity index (χ1v) is 37.0. The Labute approximate surface area is 552 Å². The first-order valence-electron chi connectivity index (χ1n) is 35.5. The molecular formula is C80H131NO8P+. The van der Waals surface area contributed by atoms with E-state index in [9.17, 15) is 19.0 Å². The maximum Gasteiger partial charge on any atom is 0.472 e. The fraction of sp³-hybridized carbons (Fsp3) is 0.600. The van der Waals surface area contributed by atoms with E-state index in [4.69, 9.17) is 18.5 Å². The number of quaternary nitrogens is 1. The molecule has 90 heavy (non-hydrogen) atoms. The van der Waals surface area contributed by atoms with Crippen molar-refractivity contribution >= 4 is 19.8 Å². The zero-order valence-corrected chi connectivity index (χ0v) is 58.7. The predicted molar refractivity (Wildman–Crippen MR) is 389 cm³/mol. The van der Waals surface area contributed by atoms with Gasteiger partial charge in [-0.1, -0.05) is 292 Å². The molecule has 0 aliphatic rings. The van der Waals surface area contributed by atoms with Crippen molar-refractivity contribution in [3.05, 3.63) is 182 Å². The summed E-state index contributed by atoms with van der Waals surface area (Å²) in [5.41, 5.74) is 0. The van der Waals surface area contributed by atoms with Crippen LogP contribution in [0.15, 0.2) is 182 Å². The highest BCUT2D eigenvalue weighted by atomic mass is 31.2. The van der Waals surface area contributed by atoms with Gasteiger partial charge in [-0.05, 0) is 135 Å². The number of rotatable bonds is 63. The number of ether oxygens (including phenoxy) is 2. The van der Waals surface area contributed by atoms with Gasteiger partial charge in [0, 0.05) is 12.8 Å². The van der Waals surface area contributed by atoms with Gasteiger partial charge in [0.1, 0.15) is 19.8 Å². The number of unbranched alkanes of at least 4 members (excludes halogenated alkanes) is 19. The fourth-order valence-electron chi connectivity index (χ4n) is 9.07. The van der Waals surface area contributed by atoms with Crippen LogP contribution in [0.4, 0.5) is 0 Å². The molecule has 0 radical (unpaired) electrons. The van der Waals surface area contributed by atoms with Crippen LogP contribution in [0.2, 0.25) is 0 Å². The number of carbonyl (C=O) groups is 2. The van der Waals surface area contributed by atoms with Gasteiger partial charge in [0.15, 0.2) is 6.10 Å². The zero-order chi connectivity index (χ0) is 65.5. The lowest BCUT2D eigenvalue weighted by molar-refractivity contribution is -0.870. The molecule has 508 valence electrons. The minimum absolute atomic E-state index is 0.0190. The third-order valence-corrected chi connectivity index (χ3v) is 15.4. The van der Waals surface area contributed by atoms with E-state index >= 15 is 0 Å². The first kappa shape index (κ1) is 85.1. The van der Waals surface area contributed by atoms with Gasteiger partial charge in [0.25, 0.3) is 0 Å². The molecule has 0 spiro atoms. The molecule has 0 fully saturated rings. The summed E-state index contributed by atoms with van der Waals surface area (Å²) >= 11 is 0. The lowest BCUT2D eigenvalue weighted by Gasteiger charge is -2.24. The van der Waals surface area contributed by atoms with Crippen molar-refractivity contribution in [2.24, 2.45) is 0 Å². The van der Waals surface area contributed by atoms with Crippen LogP contribution in [0.25, 0.3) is 0 Å². The summed E-state index contributed by atoms with van der Waals surface area (Å²) in [6, 6.07) is 0. The van der Waals surface area contributed by atoms with Crippen LogP contribution in [0.5, 0.6) is 0 Å². The van der Waals surface area contributed by atoms with Crippen LogP contribution in [-0.2, 0) is 32.7 Å². The summed E-state index contributed by atoms with van der Waals surface area (Å²) in [6.07, 6.45) is 106.